The van der Waals surface area contributed by atoms with Crippen LogP contribution in [0.4, 0.5) is 0 Å². The molecule has 2 heterocycles. The fourth-order valence-corrected chi connectivity index (χ4v) is 6.69. The first kappa shape index (κ1) is 24.9. The first-order valence-electron chi connectivity index (χ1n) is 10.1. The summed E-state index contributed by atoms with van der Waals surface area (Å²) in [6.45, 7) is 1.93. The Balaban J connectivity index is 0.000000785. The SMILES string of the molecule is CC(=O)O.COc1ccc(CCC(=O)N2C[C@H]3[C@H](N(C)C)CS(=O)(=O)[C@H]3C2)cc1OC. The van der Waals surface area contributed by atoms with Crippen LogP contribution in [0, 0.1) is 5.92 Å². The molecule has 174 valence electrons. The topological polar surface area (TPSA) is 113 Å². The molecule has 9 nitrogen and oxygen atoms in total. The van der Waals surface area contributed by atoms with Gasteiger partial charge in [0.15, 0.2) is 21.3 Å². The van der Waals surface area contributed by atoms with E-state index in [9.17, 15) is 13.2 Å². The van der Waals surface area contributed by atoms with Gasteiger partial charge in [-0.25, -0.2) is 8.42 Å². The second-order valence-electron chi connectivity index (χ2n) is 8.07. The van der Waals surface area contributed by atoms with E-state index in [1.165, 1.54) is 0 Å². The minimum absolute atomic E-state index is 0.00638. The summed E-state index contributed by atoms with van der Waals surface area (Å²) in [5.41, 5.74) is 0.985. The molecule has 1 aromatic carbocycles. The highest BCUT2D eigenvalue weighted by Crippen LogP contribution is 2.36. The molecular formula is C21H32N2O7S. The van der Waals surface area contributed by atoms with Crippen LogP contribution in [0.2, 0.25) is 0 Å². The average molecular weight is 457 g/mol. The van der Waals surface area contributed by atoms with Crippen LogP contribution in [0.15, 0.2) is 18.2 Å². The number of carbonyl (C=O) groups is 2. The summed E-state index contributed by atoms with van der Waals surface area (Å²) in [5, 5.41) is 7.00. The molecule has 1 aromatic rings. The van der Waals surface area contributed by atoms with Gasteiger partial charge in [-0.2, -0.15) is 0 Å². The van der Waals surface area contributed by atoms with Gasteiger partial charge in [0.25, 0.3) is 5.97 Å². The summed E-state index contributed by atoms with van der Waals surface area (Å²) in [4.78, 5) is 25.4. The van der Waals surface area contributed by atoms with E-state index < -0.39 is 21.1 Å². The molecule has 2 saturated heterocycles. The summed E-state index contributed by atoms with van der Waals surface area (Å²) >= 11 is 0. The van der Waals surface area contributed by atoms with Crippen molar-refractivity contribution in [3.63, 3.8) is 0 Å². The Bertz CT molecular complexity index is 897. The lowest BCUT2D eigenvalue weighted by Gasteiger charge is -2.25. The quantitative estimate of drug-likeness (QED) is 0.672. The number of benzene rings is 1. The number of ether oxygens (including phenoxy) is 2. The molecule has 2 fully saturated rings. The predicted octanol–water partition coefficient (Wildman–Crippen LogP) is 0.913. The number of rotatable bonds is 6. The Labute approximate surface area is 183 Å². The molecule has 0 aromatic heterocycles. The third-order valence-corrected chi connectivity index (χ3v) is 7.99. The average Bonchev–Trinajstić information content (AvgIpc) is 3.24. The normalized spacial score (nSPS) is 23.7. The van der Waals surface area contributed by atoms with Gasteiger partial charge in [0.1, 0.15) is 0 Å². The van der Waals surface area contributed by atoms with Gasteiger partial charge in [-0.05, 0) is 38.2 Å². The van der Waals surface area contributed by atoms with E-state index in [1.807, 2.05) is 37.2 Å². The van der Waals surface area contributed by atoms with Crippen molar-refractivity contribution in [1.29, 1.82) is 0 Å². The molecule has 3 atom stereocenters. The third-order valence-electron chi connectivity index (χ3n) is 5.76. The Hall–Kier alpha value is -2.33. The van der Waals surface area contributed by atoms with Gasteiger partial charge in [-0.3, -0.25) is 9.59 Å². The summed E-state index contributed by atoms with van der Waals surface area (Å²) < 4.78 is 35.4. The molecule has 0 bridgehead atoms. The van der Waals surface area contributed by atoms with E-state index in [0.717, 1.165) is 12.5 Å². The highest BCUT2D eigenvalue weighted by molar-refractivity contribution is 7.92. The van der Waals surface area contributed by atoms with Crippen LogP contribution >= 0.6 is 0 Å². The second-order valence-corrected chi connectivity index (χ2v) is 10.3. The maximum Gasteiger partial charge on any atom is 0.300 e. The Morgan fingerprint density at radius 3 is 2.32 bits per heavy atom. The number of sulfone groups is 1. The number of carbonyl (C=O) groups excluding carboxylic acids is 1. The fourth-order valence-electron chi connectivity index (χ4n) is 4.21. The molecule has 3 rings (SSSR count). The molecule has 1 amide bonds. The van der Waals surface area contributed by atoms with Gasteiger partial charge in [0.05, 0.1) is 25.2 Å². The molecule has 1 N–H and O–H groups in total. The monoisotopic (exact) mass is 456 g/mol. The number of fused-ring (bicyclic) bond motifs is 1. The standard InChI is InChI=1S/C19H28N2O5S.C2H4O2/c1-20(2)15-12-27(23,24)18-11-21(10-14(15)18)19(22)8-6-13-5-7-16(25-3)17(9-13)26-4;1-2(3)4/h5,7,9,14-15,18H,6,8,10-12H2,1-4H3;1H3,(H,3,4)/t14-,15+,18-;/m0./s1. The van der Waals surface area contributed by atoms with Crippen LogP contribution in [-0.4, -0.2) is 93.6 Å². The van der Waals surface area contributed by atoms with Crippen molar-refractivity contribution in [2.24, 2.45) is 5.92 Å². The molecule has 0 saturated carbocycles. The lowest BCUT2D eigenvalue weighted by molar-refractivity contribution is -0.134. The maximum absolute atomic E-state index is 12.7. The smallest absolute Gasteiger partial charge is 0.300 e. The number of methoxy groups -OCH3 is 2. The van der Waals surface area contributed by atoms with Crippen LogP contribution in [0.5, 0.6) is 11.5 Å². The molecule has 2 aliphatic heterocycles. The highest BCUT2D eigenvalue weighted by Gasteiger charge is 2.53. The van der Waals surface area contributed by atoms with Crippen LogP contribution in [0.1, 0.15) is 18.9 Å². The molecule has 0 spiro atoms. The highest BCUT2D eigenvalue weighted by atomic mass is 32.2. The molecular weight excluding hydrogens is 424 g/mol. The molecule has 0 radical (unpaired) electrons. The molecule has 0 aliphatic carbocycles. The minimum Gasteiger partial charge on any atom is -0.493 e. The van der Waals surface area contributed by atoms with Gasteiger partial charge < -0.3 is 24.4 Å². The summed E-state index contributed by atoms with van der Waals surface area (Å²) in [5.74, 6) is 0.670. The van der Waals surface area contributed by atoms with Crippen molar-refractivity contribution in [1.82, 2.24) is 9.80 Å². The van der Waals surface area contributed by atoms with E-state index in [1.54, 1.807) is 19.1 Å². The lowest BCUT2D eigenvalue weighted by atomic mass is 10.00. The van der Waals surface area contributed by atoms with Crippen LogP contribution in [-0.2, 0) is 25.8 Å². The van der Waals surface area contributed by atoms with E-state index in [-0.39, 0.29) is 23.6 Å². The maximum atomic E-state index is 12.7. The van der Waals surface area contributed by atoms with Gasteiger partial charge in [-0.1, -0.05) is 6.07 Å². The second kappa shape index (κ2) is 10.3. The third kappa shape index (κ3) is 6.10. The Morgan fingerprint density at radius 1 is 1.16 bits per heavy atom. The number of hydrogen-bond donors (Lipinski definition) is 1. The van der Waals surface area contributed by atoms with E-state index >= 15 is 0 Å². The van der Waals surface area contributed by atoms with E-state index in [0.29, 0.717) is 37.4 Å². The van der Waals surface area contributed by atoms with E-state index in [4.69, 9.17) is 19.4 Å². The number of amides is 1. The van der Waals surface area contributed by atoms with Gasteiger partial charge in [0.2, 0.25) is 5.91 Å². The van der Waals surface area contributed by atoms with Crippen molar-refractivity contribution in [3.8, 4) is 11.5 Å². The first-order chi connectivity index (χ1) is 14.5. The predicted molar refractivity (Wildman–Crippen MR) is 116 cm³/mol. The number of aliphatic carboxylic acids is 1. The number of likely N-dealkylation sites (tertiary alicyclic amines) is 1. The van der Waals surface area contributed by atoms with Crippen molar-refractivity contribution >= 4 is 21.7 Å². The van der Waals surface area contributed by atoms with Gasteiger partial charge in [0, 0.05) is 38.4 Å². The number of hydrogen-bond acceptors (Lipinski definition) is 7. The summed E-state index contributed by atoms with van der Waals surface area (Å²) in [6.07, 6.45) is 0.927. The van der Waals surface area contributed by atoms with Gasteiger partial charge in [-0.15, -0.1) is 0 Å². The van der Waals surface area contributed by atoms with Crippen molar-refractivity contribution in [2.75, 3.05) is 47.2 Å². The summed E-state index contributed by atoms with van der Waals surface area (Å²) in [6, 6.07) is 5.60. The van der Waals surface area contributed by atoms with Crippen LogP contribution in [0.25, 0.3) is 0 Å². The molecule has 0 unspecified atom stereocenters. The molecule has 31 heavy (non-hydrogen) atoms. The zero-order valence-corrected chi connectivity index (χ0v) is 19.5. The summed E-state index contributed by atoms with van der Waals surface area (Å²) in [7, 11) is 3.84. The fraction of sp³-hybridized carbons (Fsp3) is 0.619. The minimum atomic E-state index is -3.13. The molecule has 10 heteroatoms. The number of carboxylic acid groups (broad SMARTS) is 1. The zero-order chi connectivity index (χ0) is 23.3. The van der Waals surface area contributed by atoms with Crippen LogP contribution < -0.4 is 9.47 Å². The Morgan fingerprint density at radius 2 is 1.77 bits per heavy atom. The van der Waals surface area contributed by atoms with Crippen molar-refractivity contribution in [2.45, 2.75) is 31.1 Å². The largest absolute Gasteiger partial charge is 0.493 e. The van der Waals surface area contributed by atoms with Crippen LogP contribution in [0.3, 0.4) is 0 Å². The number of aryl methyl sites for hydroxylation is 1. The Kier molecular flexibility index (Phi) is 8.30. The van der Waals surface area contributed by atoms with Crippen molar-refractivity contribution in [3.05, 3.63) is 23.8 Å². The lowest BCUT2D eigenvalue weighted by Crippen LogP contribution is -2.38. The number of carboxylic acids is 1. The first-order valence-corrected chi connectivity index (χ1v) is 11.8. The number of nitrogens with zero attached hydrogens (tertiary/aromatic N) is 2. The molecule has 2 aliphatic rings. The van der Waals surface area contributed by atoms with Crippen molar-refractivity contribution < 1.29 is 32.6 Å². The van der Waals surface area contributed by atoms with E-state index in [2.05, 4.69) is 0 Å². The van der Waals surface area contributed by atoms with Gasteiger partial charge >= 0.3 is 0 Å². The zero-order valence-electron chi connectivity index (χ0n) is 18.7.